The molecule has 2 aliphatic heterocycles. The quantitative estimate of drug-likeness (QED) is 0.821. The molecule has 2 saturated heterocycles. The SMILES string of the molecule is COc1ccc2nnc(C3CCN(CC4CCCN4C(C)=O)CC3)n2n1. The number of nitrogens with zero attached hydrogens (tertiary/aromatic N) is 6. The lowest BCUT2D eigenvalue weighted by Gasteiger charge is -2.35. The highest BCUT2D eigenvalue weighted by molar-refractivity contribution is 5.73. The molecule has 2 aromatic rings. The van der Waals surface area contributed by atoms with Crippen molar-refractivity contribution in [3.8, 4) is 5.88 Å². The van der Waals surface area contributed by atoms with Gasteiger partial charge in [-0.15, -0.1) is 15.3 Å². The number of methoxy groups -OCH3 is 1. The van der Waals surface area contributed by atoms with Gasteiger partial charge in [0.2, 0.25) is 11.8 Å². The van der Waals surface area contributed by atoms with E-state index in [9.17, 15) is 4.79 Å². The zero-order valence-electron chi connectivity index (χ0n) is 15.5. The Bertz CT molecular complexity index is 783. The van der Waals surface area contributed by atoms with Crippen molar-refractivity contribution in [2.24, 2.45) is 0 Å². The predicted molar refractivity (Wildman–Crippen MR) is 96.2 cm³/mol. The second-order valence-electron chi connectivity index (χ2n) is 7.29. The molecule has 140 valence electrons. The predicted octanol–water partition coefficient (Wildman–Crippen LogP) is 1.32. The molecule has 2 aliphatic rings. The van der Waals surface area contributed by atoms with Gasteiger partial charge in [0.1, 0.15) is 0 Å². The Morgan fingerprint density at radius 2 is 2.00 bits per heavy atom. The van der Waals surface area contributed by atoms with Gasteiger partial charge in [-0.05, 0) is 44.8 Å². The molecule has 0 saturated carbocycles. The summed E-state index contributed by atoms with van der Waals surface area (Å²) in [6.07, 6.45) is 4.32. The Balaban J connectivity index is 1.40. The Kier molecular flexibility index (Phi) is 4.76. The number of ether oxygens (including phenoxy) is 1. The third-order valence-electron chi connectivity index (χ3n) is 5.67. The number of rotatable bonds is 4. The first kappa shape index (κ1) is 17.2. The molecule has 2 fully saturated rings. The van der Waals surface area contributed by atoms with Crippen LogP contribution in [0.2, 0.25) is 0 Å². The molecule has 0 aromatic carbocycles. The lowest BCUT2D eigenvalue weighted by molar-refractivity contribution is -0.130. The second kappa shape index (κ2) is 7.19. The minimum Gasteiger partial charge on any atom is -0.480 e. The van der Waals surface area contributed by atoms with Crippen LogP contribution in [-0.2, 0) is 4.79 Å². The van der Waals surface area contributed by atoms with E-state index in [4.69, 9.17) is 4.74 Å². The molecule has 0 radical (unpaired) electrons. The van der Waals surface area contributed by atoms with Crippen LogP contribution in [0.5, 0.6) is 5.88 Å². The zero-order valence-corrected chi connectivity index (χ0v) is 15.5. The highest BCUT2D eigenvalue weighted by atomic mass is 16.5. The van der Waals surface area contributed by atoms with E-state index in [2.05, 4.69) is 20.2 Å². The van der Waals surface area contributed by atoms with Gasteiger partial charge in [-0.1, -0.05) is 0 Å². The largest absolute Gasteiger partial charge is 0.480 e. The third kappa shape index (κ3) is 3.25. The van der Waals surface area contributed by atoms with Crippen molar-refractivity contribution >= 4 is 11.6 Å². The summed E-state index contributed by atoms with van der Waals surface area (Å²) in [5, 5.41) is 13.1. The van der Waals surface area contributed by atoms with Gasteiger partial charge in [-0.25, -0.2) is 0 Å². The van der Waals surface area contributed by atoms with E-state index in [-0.39, 0.29) is 5.91 Å². The van der Waals surface area contributed by atoms with Gasteiger partial charge in [0.05, 0.1) is 7.11 Å². The van der Waals surface area contributed by atoms with Crippen LogP contribution in [0.25, 0.3) is 5.65 Å². The maximum absolute atomic E-state index is 11.8. The number of piperidine rings is 1. The number of amides is 1. The number of hydrogen-bond acceptors (Lipinski definition) is 6. The smallest absolute Gasteiger partial charge is 0.231 e. The fourth-order valence-corrected chi connectivity index (χ4v) is 4.26. The molecule has 8 heteroatoms. The van der Waals surface area contributed by atoms with Gasteiger partial charge in [0, 0.05) is 38.0 Å². The first-order chi connectivity index (χ1) is 12.7. The van der Waals surface area contributed by atoms with Gasteiger partial charge in [0.15, 0.2) is 11.5 Å². The molecule has 1 atom stereocenters. The number of carbonyl (C=O) groups is 1. The van der Waals surface area contributed by atoms with Crippen LogP contribution in [-0.4, -0.2) is 74.8 Å². The fourth-order valence-electron chi connectivity index (χ4n) is 4.26. The van der Waals surface area contributed by atoms with Crippen LogP contribution in [0.3, 0.4) is 0 Å². The third-order valence-corrected chi connectivity index (χ3v) is 5.67. The standard InChI is InChI=1S/C18H26N6O2/c1-13(25)23-9-3-4-15(23)12-22-10-7-14(8-11-22)18-20-19-16-5-6-17(26-2)21-24(16)18/h5-6,14-15H,3-4,7-12H2,1-2H3. The van der Waals surface area contributed by atoms with Gasteiger partial charge < -0.3 is 14.5 Å². The van der Waals surface area contributed by atoms with Crippen molar-refractivity contribution in [1.29, 1.82) is 0 Å². The molecular weight excluding hydrogens is 332 g/mol. The summed E-state index contributed by atoms with van der Waals surface area (Å²) >= 11 is 0. The molecule has 0 aliphatic carbocycles. The fraction of sp³-hybridized carbons (Fsp3) is 0.667. The number of likely N-dealkylation sites (tertiary alicyclic amines) is 2. The minimum absolute atomic E-state index is 0.206. The number of fused-ring (bicyclic) bond motifs is 1. The molecule has 2 aromatic heterocycles. The first-order valence-electron chi connectivity index (χ1n) is 9.41. The summed E-state index contributed by atoms with van der Waals surface area (Å²) in [5.74, 6) is 2.05. The molecule has 26 heavy (non-hydrogen) atoms. The second-order valence-corrected chi connectivity index (χ2v) is 7.29. The minimum atomic E-state index is 0.206. The van der Waals surface area contributed by atoms with E-state index < -0.39 is 0 Å². The highest BCUT2D eigenvalue weighted by Gasteiger charge is 2.31. The van der Waals surface area contributed by atoms with E-state index in [1.165, 1.54) is 0 Å². The summed E-state index contributed by atoms with van der Waals surface area (Å²) in [5.41, 5.74) is 0.756. The zero-order chi connectivity index (χ0) is 18.1. The highest BCUT2D eigenvalue weighted by Crippen LogP contribution is 2.28. The molecule has 1 amide bonds. The summed E-state index contributed by atoms with van der Waals surface area (Å²) < 4.78 is 7.04. The summed E-state index contributed by atoms with van der Waals surface area (Å²) in [7, 11) is 1.62. The first-order valence-corrected chi connectivity index (χ1v) is 9.41. The van der Waals surface area contributed by atoms with Crippen molar-refractivity contribution in [2.75, 3.05) is 33.3 Å². The van der Waals surface area contributed by atoms with Gasteiger partial charge in [-0.2, -0.15) is 4.52 Å². The van der Waals surface area contributed by atoms with Crippen molar-refractivity contribution in [3.63, 3.8) is 0 Å². The molecule has 0 N–H and O–H groups in total. The molecular formula is C18H26N6O2. The Morgan fingerprint density at radius 1 is 1.19 bits per heavy atom. The van der Waals surface area contributed by atoms with Crippen molar-refractivity contribution in [2.45, 2.75) is 44.6 Å². The van der Waals surface area contributed by atoms with E-state index in [0.717, 1.165) is 63.3 Å². The van der Waals surface area contributed by atoms with E-state index >= 15 is 0 Å². The van der Waals surface area contributed by atoms with Gasteiger partial charge >= 0.3 is 0 Å². The summed E-state index contributed by atoms with van der Waals surface area (Å²) in [6.45, 7) is 5.62. The summed E-state index contributed by atoms with van der Waals surface area (Å²) in [4.78, 5) is 16.3. The molecule has 8 nitrogen and oxygen atoms in total. The molecule has 4 rings (SSSR count). The van der Waals surface area contributed by atoms with Crippen LogP contribution in [0, 0.1) is 0 Å². The van der Waals surface area contributed by atoms with Crippen molar-refractivity contribution in [3.05, 3.63) is 18.0 Å². The lowest BCUT2D eigenvalue weighted by atomic mass is 9.95. The van der Waals surface area contributed by atoms with Crippen LogP contribution < -0.4 is 4.74 Å². The van der Waals surface area contributed by atoms with Crippen LogP contribution in [0.4, 0.5) is 0 Å². The van der Waals surface area contributed by atoms with Crippen molar-refractivity contribution < 1.29 is 9.53 Å². The monoisotopic (exact) mass is 358 g/mol. The maximum Gasteiger partial charge on any atom is 0.231 e. The number of aromatic nitrogens is 4. The Morgan fingerprint density at radius 3 is 2.73 bits per heavy atom. The van der Waals surface area contributed by atoms with Gasteiger partial charge in [0.25, 0.3) is 0 Å². The summed E-state index contributed by atoms with van der Waals surface area (Å²) in [6, 6.07) is 4.07. The molecule has 0 bridgehead atoms. The average Bonchev–Trinajstić information content (AvgIpc) is 3.28. The Hall–Kier alpha value is -2.22. The van der Waals surface area contributed by atoms with Crippen LogP contribution >= 0.6 is 0 Å². The van der Waals surface area contributed by atoms with Gasteiger partial charge in [-0.3, -0.25) is 4.79 Å². The molecule has 0 spiro atoms. The van der Waals surface area contributed by atoms with E-state index in [1.54, 1.807) is 20.1 Å². The molecule has 1 unspecified atom stereocenters. The number of carbonyl (C=O) groups excluding carboxylic acids is 1. The lowest BCUT2D eigenvalue weighted by Crippen LogP contribution is -2.44. The van der Waals surface area contributed by atoms with Crippen LogP contribution in [0.15, 0.2) is 12.1 Å². The maximum atomic E-state index is 11.8. The normalized spacial score (nSPS) is 22.2. The van der Waals surface area contributed by atoms with Crippen LogP contribution in [0.1, 0.15) is 44.3 Å². The molecule has 4 heterocycles. The Labute approximate surface area is 153 Å². The van der Waals surface area contributed by atoms with E-state index in [0.29, 0.717) is 17.8 Å². The number of hydrogen-bond donors (Lipinski definition) is 0. The van der Waals surface area contributed by atoms with Crippen molar-refractivity contribution in [1.82, 2.24) is 29.6 Å². The van der Waals surface area contributed by atoms with E-state index in [1.807, 2.05) is 15.5 Å². The average molecular weight is 358 g/mol. The topological polar surface area (TPSA) is 75.9 Å².